The smallest absolute Gasteiger partial charge is 0.418 e. The number of hydrogen-bond acceptors (Lipinski definition) is 9. The normalized spacial score (nSPS) is 19.5. The largest absolute Gasteiger partial charge is 0.459 e. The van der Waals surface area contributed by atoms with Gasteiger partial charge in [-0.15, -0.1) is 0 Å². The summed E-state index contributed by atoms with van der Waals surface area (Å²) in [5.41, 5.74) is 5.71. The molecule has 3 fully saturated rings. The first-order valence-corrected chi connectivity index (χ1v) is 19.4. The molecule has 0 aromatic heterocycles. The van der Waals surface area contributed by atoms with Crippen molar-refractivity contribution in [1.29, 1.82) is 0 Å². The van der Waals surface area contributed by atoms with Gasteiger partial charge in [0.1, 0.15) is 0 Å². The number of nitrogen functional groups attached to an aromatic ring is 1. The van der Waals surface area contributed by atoms with Gasteiger partial charge < -0.3 is 40.1 Å². The maximum atomic E-state index is 14.1. The first kappa shape index (κ1) is 40.9. The third-order valence-corrected chi connectivity index (χ3v) is 11.4. The van der Waals surface area contributed by atoms with E-state index in [0.717, 1.165) is 17.3 Å². The predicted octanol–water partition coefficient (Wildman–Crippen LogP) is 4.24. The summed E-state index contributed by atoms with van der Waals surface area (Å²) >= 11 is 6.12. The van der Waals surface area contributed by atoms with E-state index in [2.05, 4.69) is 10.2 Å². The predicted molar refractivity (Wildman–Crippen MR) is 200 cm³/mol. The number of para-hydroxylation sites is 1. The van der Waals surface area contributed by atoms with E-state index in [4.69, 9.17) is 26.8 Å². The fraction of sp³-hybridized carbons (Fsp3) is 0.553. The van der Waals surface area contributed by atoms with Crippen LogP contribution in [0.4, 0.5) is 34.1 Å². The van der Waals surface area contributed by atoms with E-state index in [1.807, 2.05) is 24.3 Å². The van der Waals surface area contributed by atoms with Crippen molar-refractivity contribution >= 4 is 52.9 Å². The summed E-state index contributed by atoms with van der Waals surface area (Å²) in [7, 11) is 0. The monoisotopic (exact) mass is 805 g/mol. The molecule has 6 rings (SSSR count). The van der Waals surface area contributed by atoms with Crippen LogP contribution in [0.15, 0.2) is 36.4 Å². The van der Waals surface area contributed by atoms with E-state index in [1.165, 1.54) is 15.9 Å². The number of benzene rings is 2. The fourth-order valence-electron chi connectivity index (χ4n) is 7.98. The van der Waals surface area contributed by atoms with Crippen LogP contribution in [0.5, 0.6) is 0 Å². The Hall–Kier alpha value is -4.77. The molecule has 1 atom stereocenters. The standard InChI is InChI=1S/C38H47ClF3N7O7/c1-2-55-35(52)34(51)46-12-8-26(9-13-46)45-17-19-47(20-18-45)33(50)31(23-24-21-28(38(40,41)42)32(43)29(39)22-24)56-37(54)48-14-10-27(11-15-48)49-16-7-25-5-3-4-6-30(25)44-36(49)53/h3-6,21-22,26-27,31H,2,7-20,23,43H2,1H3,(H,44,53)/t31-/m1/s1. The molecule has 4 heterocycles. The summed E-state index contributed by atoms with van der Waals surface area (Å²) in [5.74, 6) is -2.08. The lowest BCUT2D eigenvalue weighted by Crippen LogP contribution is -2.57. The van der Waals surface area contributed by atoms with Gasteiger partial charge in [-0.1, -0.05) is 29.8 Å². The number of rotatable bonds is 7. The zero-order valence-electron chi connectivity index (χ0n) is 31.2. The molecule has 3 saturated heterocycles. The van der Waals surface area contributed by atoms with Crippen LogP contribution < -0.4 is 11.1 Å². The maximum absolute atomic E-state index is 14.1. The molecule has 4 aliphatic rings. The summed E-state index contributed by atoms with van der Waals surface area (Å²) < 4.78 is 52.3. The Balaban J connectivity index is 1.09. The fourth-order valence-corrected chi connectivity index (χ4v) is 8.22. The number of anilines is 2. The minimum Gasteiger partial charge on any atom is -0.459 e. The molecule has 0 aliphatic carbocycles. The lowest BCUT2D eigenvalue weighted by Gasteiger charge is -2.43. The van der Waals surface area contributed by atoms with Crippen LogP contribution in [0, 0.1) is 0 Å². The number of ether oxygens (including phenoxy) is 2. The van der Waals surface area contributed by atoms with Gasteiger partial charge in [0.05, 0.1) is 22.9 Å². The van der Waals surface area contributed by atoms with Crippen LogP contribution in [0.3, 0.4) is 0 Å². The number of likely N-dealkylation sites (tertiary alicyclic amines) is 2. The van der Waals surface area contributed by atoms with Gasteiger partial charge >= 0.3 is 30.2 Å². The van der Waals surface area contributed by atoms with Crippen LogP contribution >= 0.6 is 11.6 Å². The lowest BCUT2D eigenvalue weighted by atomic mass is 10.0. The van der Waals surface area contributed by atoms with Crippen molar-refractivity contribution in [2.75, 3.05) is 76.6 Å². The Morgan fingerprint density at radius 2 is 1.54 bits per heavy atom. The number of amides is 5. The van der Waals surface area contributed by atoms with Gasteiger partial charge in [0.2, 0.25) is 0 Å². The average Bonchev–Trinajstić information content (AvgIpc) is 3.36. The second-order valence-corrected chi connectivity index (χ2v) is 14.9. The molecule has 18 heteroatoms. The van der Waals surface area contributed by atoms with Crippen molar-refractivity contribution < 1.29 is 46.6 Å². The number of nitrogens with two attached hydrogens (primary N) is 1. The van der Waals surface area contributed by atoms with Gasteiger partial charge in [-0.05, 0) is 68.4 Å². The summed E-state index contributed by atoms with van der Waals surface area (Å²) in [6.45, 7) is 5.05. The summed E-state index contributed by atoms with van der Waals surface area (Å²) in [5, 5.41) is 2.64. The van der Waals surface area contributed by atoms with Crippen LogP contribution in [0.2, 0.25) is 5.02 Å². The highest BCUT2D eigenvalue weighted by atomic mass is 35.5. The molecule has 0 unspecified atom stereocenters. The molecule has 56 heavy (non-hydrogen) atoms. The number of esters is 1. The number of urea groups is 1. The molecule has 0 spiro atoms. The second kappa shape index (κ2) is 17.6. The molecule has 2 aromatic carbocycles. The van der Waals surface area contributed by atoms with E-state index in [1.54, 1.807) is 16.7 Å². The molecule has 0 bridgehead atoms. The minimum atomic E-state index is -4.81. The van der Waals surface area contributed by atoms with E-state index < -0.39 is 47.4 Å². The summed E-state index contributed by atoms with van der Waals surface area (Å²) in [6, 6.07) is 9.46. The highest BCUT2D eigenvalue weighted by Gasteiger charge is 2.39. The lowest BCUT2D eigenvalue weighted by molar-refractivity contribution is -0.160. The number of fused-ring (bicyclic) bond motifs is 1. The van der Waals surface area contributed by atoms with Crippen molar-refractivity contribution in [3.8, 4) is 0 Å². The molecule has 304 valence electrons. The van der Waals surface area contributed by atoms with Crippen molar-refractivity contribution in [2.45, 2.75) is 69.8 Å². The third kappa shape index (κ3) is 9.42. The van der Waals surface area contributed by atoms with Gasteiger partial charge in [-0.2, -0.15) is 13.2 Å². The van der Waals surface area contributed by atoms with E-state index in [0.29, 0.717) is 64.8 Å². The number of piperidine rings is 2. The number of alkyl halides is 3. The number of hydrogen-bond donors (Lipinski definition) is 2. The molecule has 0 saturated carbocycles. The number of nitrogens with one attached hydrogen (secondary N) is 1. The third-order valence-electron chi connectivity index (χ3n) is 11.1. The van der Waals surface area contributed by atoms with Gasteiger partial charge in [-0.25, -0.2) is 14.4 Å². The van der Waals surface area contributed by atoms with E-state index in [9.17, 15) is 37.1 Å². The topological polar surface area (TPSA) is 158 Å². The number of piperazine rings is 1. The summed E-state index contributed by atoms with van der Waals surface area (Å²) in [4.78, 5) is 73.6. The van der Waals surface area contributed by atoms with Gasteiger partial charge in [0, 0.05) is 83.1 Å². The Labute approximate surface area is 327 Å². The molecule has 5 amide bonds. The Kier molecular flexibility index (Phi) is 12.8. The Morgan fingerprint density at radius 1 is 0.893 bits per heavy atom. The number of carbonyl (C=O) groups excluding carboxylic acids is 5. The van der Waals surface area contributed by atoms with Crippen LogP contribution in [0.1, 0.15) is 49.3 Å². The van der Waals surface area contributed by atoms with Crippen molar-refractivity contribution in [2.24, 2.45) is 0 Å². The summed E-state index contributed by atoms with van der Waals surface area (Å²) in [6.07, 6.45) is -4.54. The Bertz CT molecular complexity index is 1790. The van der Waals surface area contributed by atoms with Crippen LogP contribution in [-0.4, -0.2) is 138 Å². The molecule has 2 aromatic rings. The molecular formula is C38H47ClF3N7O7. The van der Waals surface area contributed by atoms with Crippen molar-refractivity contribution in [3.05, 3.63) is 58.1 Å². The molecular weight excluding hydrogens is 759 g/mol. The van der Waals surface area contributed by atoms with E-state index in [-0.39, 0.29) is 67.9 Å². The Morgan fingerprint density at radius 3 is 2.20 bits per heavy atom. The zero-order chi connectivity index (χ0) is 40.1. The zero-order valence-corrected chi connectivity index (χ0v) is 31.9. The number of halogens is 4. The van der Waals surface area contributed by atoms with Crippen LogP contribution in [0.25, 0.3) is 0 Å². The van der Waals surface area contributed by atoms with E-state index >= 15 is 0 Å². The second-order valence-electron chi connectivity index (χ2n) is 14.5. The highest BCUT2D eigenvalue weighted by molar-refractivity contribution is 6.33. The SMILES string of the molecule is CCOC(=O)C(=O)N1CCC(N2CCN(C(=O)[C@@H](Cc3cc(Cl)c(N)c(C(F)(F)F)c3)OC(=O)N3CCC(N4CCc5ccccc5NC4=O)CC3)CC2)CC1. The first-order valence-electron chi connectivity index (χ1n) is 19.0. The van der Waals surface area contributed by atoms with Crippen molar-refractivity contribution in [1.82, 2.24) is 24.5 Å². The molecule has 4 aliphatic heterocycles. The number of nitrogens with zero attached hydrogens (tertiary/aromatic N) is 5. The quantitative estimate of drug-likeness (QED) is 0.237. The molecule has 0 radical (unpaired) electrons. The highest BCUT2D eigenvalue weighted by Crippen LogP contribution is 2.38. The molecule has 3 N–H and O–H groups in total. The van der Waals surface area contributed by atoms with Gasteiger partial charge in [0.15, 0.2) is 6.10 Å². The average molecular weight is 806 g/mol. The van der Waals surface area contributed by atoms with Gasteiger partial charge in [0.25, 0.3) is 5.91 Å². The minimum absolute atomic E-state index is 0.0253. The van der Waals surface area contributed by atoms with Crippen molar-refractivity contribution in [3.63, 3.8) is 0 Å². The molecule has 14 nitrogen and oxygen atoms in total. The first-order chi connectivity index (χ1) is 26.7. The maximum Gasteiger partial charge on any atom is 0.418 e. The van der Waals surface area contributed by atoms with Gasteiger partial charge in [-0.3, -0.25) is 14.5 Å². The number of carbonyl (C=O) groups is 5. The van der Waals surface area contributed by atoms with Crippen LogP contribution in [-0.2, 0) is 42.9 Å².